The number of hydrogen-bond acceptors (Lipinski definition) is 2. The molecule has 3 aliphatic carbocycles. The van der Waals surface area contributed by atoms with Crippen molar-refractivity contribution >= 4 is 5.97 Å². The molecule has 2 bridgehead atoms. The fraction of sp³-hybridized carbons (Fsp3) is 0.708. The van der Waals surface area contributed by atoms with Crippen molar-refractivity contribution in [3.63, 3.8) is 0 Å². The average molecular weight is 357 g/mol. The molecule has 0 amide bonds. The van der Waals surface area contributed by atoms with Crippen molar-refractivity contribution in [1.82, 2.24) is 0 Å². The lowest BCUT2D eigenvalue weighted by Crippen LogP contribution is -2.44. The molecule has 0 heterocycles. The molecular weight excluding hydrogens is 320 g/mol. The molecule has 3 fully saturated rings. The number of rotatable bonds is 9. The van der Waals surface area contributed by atoms with Gasteiger partial charge in [-0.05, 0) is 79.9 Å². The van der Waals surface area contributed by atoms with Gasteiger partial charge in [0.25, 0.3) is 0 Å². The number of fused-ring (bicyclic) bond motifs is 3. The third-order valence-corrected chi connectivity index (χ3v) is 7.11. The van der Waals surface area contributed by atoms with Gasteiger partial charge in [0, 0.05) is 6.42 Å². The first-order valence-electron chi connectivity index (χ1n) is 10.9. The van der Waals surface area contributed by atoms with Crippen molar-refractivity contribution in [2.24, 2.45) is 5.41 Å². The number of hydrogen-bond donors (Lipinski definition) is 0. The van der Waals surface area contributed by atoms with Gasteiger partial charge in [-0.3, -0.25) is 4.79 Å². The van der Waals surface area contributed by atoms with Crippen LogP contribution in [-0.4, -0.2) is 5.97 Å². The number of unbranched alkanes of at least 4 members (excludes halogenated alkanes) is 3. The molecule has 4 rings (SSSR count). The van der Waals surface area contributed by atoms with Crippen LogP contribution in [0.2, 0.25) is 0 Å². The highest BCUT2D eigenvalue weighted by atomic mass is 16.5. The van der Waals surface area contributed by atoms with Crippen LogP contribution in [-0.2, 0) is 10.2 Å². The number of ether oxygens (including phenoxy) is 1. The van der Waals surface area contributed by atoms with Crippen LogP contribution >= 0.6 is 0 Å². The smallest absolute Gasteiger partial charge is 0.311 e. The van der Waals surface area contributed by atoms with E-state index in [-0.39, 0.29) is 5.97 Å². The number of esters is 1. The topological polar surface area (TPSA) is 26.3 Å². The maximum Gasteiger partial charge on any atom is 0.311 e. The summed E-state index contributed by atoms with van der Waals surface area (Å²) in [5.74, 6) is 0.571. The third kappa shape index (κ3) is 4.32. The molecule has 2 heteroatoms. The van der Waals surface area contributed by atoms with Crippen LogP contribution in [0.15, 0.2) is 24.3 Å². The van der Waals surface area contributed by atoms with Gasteiger partial charge in [0.15, 0.2) is 0 Å². The van der Waals surface area contributed by atoms with E-state index in [1.165, 1.54) is 76.2 Å². The number of carbonyl (C=O) groups excluding carboxylic acids is 1. The Morgan fingerprint density at radius 1 is 0.885 bits per heavy atom. The molecule has 1 aromatic rings. The Labute approximate surface area is 159 Å². The fourth-order valence-electron chi connectivity index (χ4n) is 5.26. The van der Waals surface area contributed by atoms with Gasteiger partial charge < -0.3 is 4.74 Å². The highest BCUT2D eigenvalue weighted by molar-refractivity contribution is 5.72. The van der Waals surface area contributed by atoms with E-state index in [0.717, 1.165) is 6.42 Å². The summed E-state index contributed by atoms with van der Waals surface area (Å²) in [7, 11) is 0. The van der Waals surface area contributed by atoms with Crippen LogP contribution < -0.4 is 4.74 Å². The Hall–Kier alpha value is -1.31. The van der Waals surface area contributed by atoms with E-state index in [4.69, 9.17) is 4.74 Å². The first-order valence-corrected chi connectivity index (χ1v) is 10.9. The minimum absolute atomic E-state index is 0.124. The summed E-state index contributed by atoms with van der Waals surface area (Å²) >= 11 is 0. The molecule has 1 aromatic carbocycles. The van der Waals surface area contributed by atoms with Crippen LogP contribution in [0.1, 0.15) is 103 Å². The summed E-state index contributed by atoms with van der Waals surface area (Å²) in [6.45, 7) is 4.30. The number of benzene rings is 1. The first kappa shape index (κ1) is 19.5. The van der Waals surface area contributed by atoms with E-state index in [1.807, 2.05) is 19.1 Å². The molecule has 3 aliphatic rings. The molecule has 0 unspecified atom stereocenters. The maximum atomic E-state index is 11.7. The van der Waals surface area contributed by atoms with Gasteiger partial charge in [-0.25, -0.2) is 0 Å². The summed E-state index contributed by atoms with van der Waals surface area (Å²) in [5, 5.41) is 0. The molecule has 26 heavy (non-hydrogen) atoms. The molecule has 0 aromatic heterocycles. The van der Waals surface area contributed by atoms with Gasteiger partial charge >= 0.3 is 5.97 Å². The van der Waals surface area contributed by atoms with E-state index in [0.29, 0.717) is 23.0 Å². The third-order valence-electron chi connectivity index (χ3n) is 7.11. The quantitative estimate of drug-likeness (QED) is 0.272. The van der Waals surface area contributed by atoms with Crippen molar-refractivity contribution in [2.75, 3.05) is 0 Å². The minimum atomic E-state index is -0.124. The second-order valence-electron chi connectivity index (χ2n) is 8.84. The zero-order chi connectivity index (χ0) is 18.5. The predicted molar refractivity (Wildman–Crippen MR) is 108 cm³/mol. The van der Waals surface area contributed by atoms with E-state index < -0.39 is 0 Å². The van der Waals surface area contributed by atoms with E-state index in [2.05, 4.69) is 19.1 Å². The maximum absolute atomic E-state index is 11.7. The van der Waals surface area contributed by atoms with Crippen LogP contribution in [0.5, 0.6) is 5.75 Å². The molecule has 0 aliphatic heterocycles. The standard InChI is InChI=1S/C24H36O2/c1-3-5-6-7-13-23-14-17-24(18-15-23,19-16-23)20-9-11-21(12-10-20)26-22(25)8-4-2/h9-12H,3-8,13-19H2,1-2H3. The van der Waals surface area contributed by atoms with Gasteiger partial charge in [-0.15, -0.1) is 0 Å². The average Bonchev–Trinajstić information content (AvgIpc) is 2.67. The second kappa shape index (κ2) is 8.59. The second-order valence-corrected chi connectivity index (χ2v) is 8.84. The lowest BCUT2D eigenvalue weighted by Gasteiger charge is -2.54. The summed E-state index contributed by atoms with van der Waals surface area (Å²) in [4.78, 5) is 11.7. The summed E-state index contributed by atoms with van der Waals surface area (Å²) in [6.07, 6.45) is 16.6. The lowest BCUT2D eigenvalue weighted by atomic mass is 9.51. The van der Waals surface area contributed by atoms with Crippen molar-refractivity contribution in [1.29, 1.82) is 0 Å². The SMILES string of the molecule is CCCCCCC12CCC(c3ccc(OC(=O)CCC)cc3)(CC1)CC2. The molecule has 3 saturated carbocycles. The zero-order valence-electron chi connectivity index (χ0n) is 16.8. The van der Waals surface area contributed by atoms with Gasteiger partial charge in [-0.1, -0.05) is 51.7 Å². The van der Waals surface area contributed by atoms with E-state index in [9.17, 15) is 4.79 Å². The van der Waals surface area contributed by atoms with Crippen LogP contribution in [0.4, 0.5) is 0 Å². The Morgan fingerprint density at radius 2 is 1.54 bits per heavy atom. The highest BCUT2D eigenvalue weighted by Gasteiger charge is 2.48. The van der Waals surface area contributed by atoms with Gasteiger partial charge in [0.2, 0.25) is 0 Å². The van der Waals surface area contributed by atoms with Crippen molar-refractivity contribution in [2.45, 2.75) is 103 Å². The fourth-order valence-corrected chi connectivity index (χ4v) is 5.26. The van der Waals surface area contributed by atoms with Crippen LogP contribution in [0, 0.1) is 5.41 Å². The Bertz CT molecular complexity index is 562. The molecule has 2 nitrogen and oxygen atoms in total. The molecule has 144 valence electrons. The predicted octanol–water partition coefficient (Wildman–Crippen LogP) is 6.95. The van der Waals surface area contributed by atoms with Crippen molar-refractivity contribution in [3.8, 4) is 5.75 Å². The Balaban J connectivity index is 1.57. The highest BCUT2D eigenvalue weighted by Crippen LogP contribution is 2.59. The Morgan fingerprint density at radius 3 is 2.12 bits per heavy atom. The Kier molecular flexibility index (Phi) is 6.42. The monoisotopic (exact) mass is 356 g/mol. The van der Waals surface area contributed by atoms with Gasteiger partial charge in [0.05, 0.1) is 0 Å². The normalized spacial score (nSPS) is 27.5. The van der Waals surface area contributed by atoms with Gasteiger partial charge in [-0.2, -0.15) is 0 Å². The van der Waals surface area contributed by atoms with Gasteiger partial charge in [0.1, 0.15) is 5.75 Å². The van der Waals surface area contributed by atoms with E-state index in [1.54, 1.807) is 0 Å². The summed E-state index contributed by atoms with van der Waals surface area (Å²) in [6, 6.07) is 8.43. The van der Waals surface area contributed by atoms with Crippen molar-refractivity contribution < 1.29 is 9.53 Å². The summed E-state index contributed by atoms with van der Waals surface area (Å²) in [5.41, 5.74) is 2.51. The largest absolute Gasteiger partial charge is 0.427 e. The van der Waals surface area contributed by atoms with E-state index >= 15 is 0 Å². The van der Waals surface area contributed by atoms with Crippen molar-refractivity contribution in [3.05, 3.63) is 29.8 Å². The first-order chi connectivity index (χ1) is 12.6. The molecule has 0 saturated heterocycles. The number of carbonyl (C=O) groups is 1. The molecular formula is C24H36O2. The van der Waals surface area contributed by atoms with Crippen LogP contribution in [0.25, 0.3) is 0 Å². The lowest BCUT2D eigenvalue weighted by molar-refractivity contribution is -0.134. The molecule has 0 N–H and O–H groups in total. The zero-order valence-corrected chi connectivity index (χ0v) is 16.8. The minimum Gasteiger partial charge on any atom is -0.427 e. The molecule has 0 radical (unpaired) electrons. The molecule has 0 atom stereocenters. The summed E-state index contributed by atoms with van der Waals surface area (Å²) < 4.78 is 5.41. The molecule has 0 spiro atoms. The van der Waals surface area contributed by atoms with Crippen LogP contribution in [0.3, 0.4) is 0 Å².